The SMILES string of the molecule is CC.c1ccc(-c2ccc(-c3nc(-c4ccccc4)nc(-n4c5cc6ccccc6cc5c5cccc(-c6ccc7sc8ccc9ccccc9c8c7c6)c54)n3)cc2)cc1. The van der Waals surface area contributed by atoms with E-state index in [9.17, 15) is 0 Å². The highest BCUT2D eigenvalue weighted by atomic mass is 32.1. The Morgan fingerprint density at radius 3 is 1.70 bits per heavy atom. The van der Waals surface area contributed by atoms with Gasteiger partial charge in [-0.2, -0.15) is 9.97 Å². The first kappa shape index (κ1) is 35.7. The molecule has 0 aliphatic heterocycles. The number of nitrogens with zero attached hydrogens (tertiary/aromatic N) is 4. The molecule has 12 aromatic rings. The fraction of sp³-hybridized carbons (Fsp3) is 0.0364. The third-order valence-electron chi connectivity index (χ3n) is 11.4. The van der Waals surface area contributed by atoms with Gasteiger partial charge in [-0.15, -0.1) is 11.3 Å². The maximum absolute atomic E-state index is 5.35. The van der Waals surface area contributed by atoms with E-state index in [-0.39, 0.29) is 0 Å². The molecule has 0 aliphatic rings. The molecule has 0 spiro atoms. The maximum Gasteiger partial charge on any atom is 0.238 e. The van der Waals surface area contributed by atoms with Crippen LogP contribution in [-0.4, -0.2) is 19.5 Å². The van der Waals surface area contributed by atoms with Gasteiger partial charge in [-0.3, -0.25) is 4.57 Å². The minimum atomic E-state index is 0.576. The summed E-state index contributed by atoms with van der Waals surface area (Å²) < 4.78 is 4.85. The van der Waals surface area contributed by atoms with Gasteiger partial charge in [0.2, 0.25) is 5.95 Å². The predicted molar refractivity (Wildman–Crippen MR) is 255 cm³/mol. The van der Waals surface area contributed by atoms with Crippen LogP contribution in [0.1, 0.15) is 13.8 Å². The number of rotatable bonds is 5. The minimum Gasteiger partial charge on any atom is -0.277 e. The zero-order valence-corrected chi connectivity index (χ0v) is 34.0. The maximum atomic E-state index is 5.35. The van der Waals surface area contributed by atoms with Crippen LogP contribution in [0.3, 0.4) is 0 Å². The third kappa shape index (κ3) is 5.93. The Kier molecular flexibility index (Phi) is 8.75. The predicted octanol–water partition coefficient (Wildman–Crippen LogP) is 15.3. The number of hydrogen-bond acceptors (Lipinski definition) is 4. The average molecular weight is 787 g/mol. The molecule has 0 fully saturated rings. The Labute approximate surface area is 351 Å². The second-order valence-corrected chi connectivity index (χ2v) is 15.9. The number of fused-ring (bicyclic) bond motifs is 9. The quantitative estimate of drug-likeness (QED) is 0.174. The van der Waals surface area contributed by atoms with E-state index >= 15 is 0 Å². The molecule has 4 nitrogen and oxygen atoms in total. The monoisotopic (exact) mass is 786 g/mol. The highest BCUT2D eigenvalue weighted by Gasteiger charge is 2.22. The van der Waals surface area contributed by atoms with Crippen LogP contribution in [-0.2, 0) is 0 Å². The van der Waals surface area contributed by atoms with Crippen molar-refractivity contribution in [3.63, 3.8) is 0 Å². The molecule has 0 unspecified atom stereocenters. The van der Waals surface area contributed by atoms with Gasteiger partial charge in [0.05, 0.1) is 11.0 Å². The normalized spacial score (nSPS) is 11.5. The van der Waals surface area contributed by atoms with Crippen molar-refractivity contribution in [1.82, 2.24) is 19.5 Å². The molecule has 12 rings (SSSR count). The fourth-order valence-electron chi connectivity index (χ4n) is 8.66. The number of hydrogen-bond donors (Lipinski definition) is 0. The van der Waals surface area contributed by atoms with Crippen LogP contribution in [0.4, 0.5) is 0 Å². The van der Waals surface area contributed by atoms with E-state index in [0.717, 1.165) is 55.0 Å². The van der Waals surface area contributed by atoms with E-state index in [1.807, 2.05) is 49.4 Å². The van der Waals surface area contributed by atoms with E-state index in [4.69, 9.17) is 15.0 Å². The molecule has 0 N–H and O–H groups in total. The molecule has 0 saturated carbocycles. The van der Waals surface area contributed by atoms with Crippen LogP contribution in [0, 0.1) is 0 Å². The molecular formula is C55H38N4S. The van der Waals surface area contributed by atoms with Gasteiger partial charge in [0.15, 0.2) is 11.6 Å². The summed E-state index contributed by atoms with van der Waals surface area (Å²) in [5.41, 5.74) is 8.54. The molecule has 9 aromatic carbocycles. The first-order valence-corrected chi connectivity index (χ1v) is 21.3. The van der Waals surface area contributed by atoms with Crippen molar-refractivity contribution >= 4 is 74.9 Å². The number of thiophene rings is 1. The van der Waals surface area contributed by atoms with Gasteiger partial charge in [0, 0.05) is 47.6 Å². The standard InChI is InChI=1S/C53H32N4S.C2H6/c1-3-12-33(13-4-1)34-22-24-37(25-23-34)52-54-51(36-15-5-2-6-16-36)55-53(56-52)57-46-32-39-18-8-7-17-38(39)30-44(46)43-21-11-20-42(50(43)57)40-27-28-47-45(31-40)49-41-19-10-9-14-35(41)26-29-48(49)58-47;1-2/h1-32H;1-2H3. The van der Waals surface area contributed by atoms with Crippen molar-refractivity contribution in [3.8, 4) is 51.0 Å². The summed E-state index contributed by atoms with van der Waals surface area (Å²) in [5.74, 6) is 1.82. The van der Waals surface area contributed by atoms with E-state index in [1.165, 1.54) is 41.9 Å². The zero-order chi connectivity index (χ0) is 40.2. The molecular weight excluding hydrogens is 749 g/mol. The number of aromatic nitrogens is 4. The number of benzene rings is 9. The van der Waals surface area contributed by atoms with Gasteiger partial charge in [-0.1, -0.05) is 178 Å². The van der Waals surface area contributed by atoms with Crippen LogP contribution in [0.2, 0.25) is 0 Å². The van der Waals surface area contributed by atoms with Gasteiger partial charge < -0.3 is 0 Å². The summed E-state index contributed by atoms with van der Waals surface area (Å²) in [5, 5.41) is 9.77. The lowest BCUT2D eigenvalue weighted by Gasteiger charge is -2.13. The van der Waals surface area contributed by atoms with E-state index in [1.54, 1.807) is 0 Å². The minimum absolute atomic E-state index is 0.576. The van der Waals surface area contributed by atoms with Gasteiger partial charge in [0.25, 0.3) is 0 Å². The molecule has 0 radical (unpaired) electrons. The molecule has 3 heterocycles. The Morgan fingerprint density at radius 1 is 0.383 bits per heavy atom. The topological polar surface area (TPSA) is 43.6 Å². The molecule has 60 heavy (non-hydrogen) atoms. The molecule has 0 saturated heterocycles. The Hall–Kier alpha value is -7.47. The summed E-state index contributed by atoms with van der Waals surface area (Å²) in [6.45, 7) is 4.00. The van der Waals surface area contributed by atoms with Gasteiger partial charge >= 0.3 is 0 Å². The number of para-hydroxylation sites is 1. The molecule has 0 amide bonds. The highest BCUT2D eigenvalue weighted by molar-refractivity contribution is 7.26. The highest BCUT2D eigenvalue weighted by Crippen LogP contribution is 2.43. The second-order valence-electron chi connectivity index (χ2n) is 14.8. The first-order valence-electron chi connectivity index (χ1n) is 20.5. The van der Waals surface area contributed by atoms with Crippen LogP contribution >= 0.6 is 11.3 Å². The molecule has 5 heteroatoms. The Morgan fingerprint density at radius 2 is 0.950 bits per heavy atom. The lowest BCUT2D eigenvalue weighted by atomic mass is 9.98. The van der Waals surface area contributed by atoms with Crippen molar-refractivity contribution in [2.75, 3.05) is 0 Å². The van der Waals surface area contributed by atoms with Gasteiger partial charge in [-0.05, 0) is 68.6 Å². The smallest absolute Gasteiger partial charge is 0.238 e. The molecule has 0 bridgehead atoms. The molecule has 284 valence electrons. The molecule has 0 atom stereocenters. The zero-order valence-electron chi connectivity index (χ0n) is 33.2. The van der Waals surface area contributed by atoms with Crippen molar-refractivity contribution in [2.45, 2.75) is 13.8 Å². The molecule has 0 aliphatic carbocycles. The van der Waals surface area contributed by atoms with E-state index in [2.05, 4.69) is 174 Å². The Bertz CT molecular complexity index is 3550. The lowest BCUT2D eigenvalue weighted by molar-refractivity contribution is 0.954. The van der Waals surface area contributed by atoms with Crippen LogP contribution in [0.5, 0.6) is 0 Å². The van der Waals surface area contributed by atoms with Crippen molar-refractivity contribution in [2.24, 2.45) is 0 Å². The average Bonchev–Trinajstić information content (AvgIpc) is 3.87. The summed E-state index contributed by atoms with van der Waals surface area (Å²) in [7, 11) is 0. The summed E-state index contributed by atoms with van der Waals surface area (Å²) in [4.78, 5) is 15.8. The van der Waals surface area contributed by atoms with Crippen LogP contribution in [0.25, 0.3) is 115 Å². The Balaban J connectivity index is 0.00000201. The van der Waals surface area contributed by atoms with E-state index in [0.29, 0.717) is 17.6 Å². The van der Waals surface area contributed by atoms with Crippen LogP contribution < -0.4 is 0 Å². The van der Waals surface area contributed by atoms with E-state index < -0.39 is 0 Å². The van der Waals surface area contributed by atoms with Crippen LogP contribution in [0.15, 0.2) is 194 Å². The first-order chi connectivity index (χ1) is 29.7. The van der Waals surface area contributed by atoms with Gasteiger partial charge in [0.1, 0.15) is 0 Å². The summed E-state index contributed by atoms with van der Waals surface area (Å²) >= 11 is 1.86. The molecule has 3 aromatic heterocycles. The summed E-state index contributed by atoms with van der Waals surface area (Å²) in [6, 6.07) is 69.2. The van der Waals surface area contributed by atoms with Crippen molar-refractivity contribution < 1.29 is 0 Å². The second kappa shape index (κ2) is 14.7. The van der Waals surface area contributed by atoms with Crippen molar-refractivity contribution in [1.29, 1.82) is 0 Å². The third-order valence-corrected chi connectivity index (χ3v) is 12.6. The van der Waals surface area contributed by atoms with Gasteiger partial charge in [-0.25, -0.2) is 4.98 Å². The summed E-state index contributed by atoms with van der Waals surface area (Å²) in [6.07, 6.45) is 0. The fourth-order valence-corrected chi connectivity index (χ4v) is 9.76. The van der Waals surface area contributed by atoms with Crippen molar-refractivity contribution in [3.05, 3.63) is 194 Å². The lowest BCUT2D eigenvalue weighted by Crippen LogP contribution is -2.07. The largest absolute Gasteiger partial charge is 0.277 e.